The molecule has 0 spiro atoms. The summed E-state index contributed by atoms with van der Waals surface area (Å²) in [5.74, 6) is 0.417. The molecule has 0 saturated heterocycles. The maximum absolute atomic E-state index is 11.4. The van der Waals surface area contributed by atoms with E-state index in [4.69, 9.17) is 4.18 Å². The van der Waals surface area contributed by atoms with E-state index in [1.165, 1.54) is 4.68 Å². The quantitative estimate of drug-likeness (QED) is 0.759. The summed E-state index contributed by atoms with van der Waals surface area (Å²) in [4.78, 5) is 1.58. The Bertz CT molecular complexity index is 559. The van der Waals surface area contributed by atoms with Crippen molar-refractivity contribution < 1.29 is 12.6 Å². The maximum Gasteiger partial charge on any atom is 0.433 e. The van der Waals surface area contributed by atoms with Gasteiger partial charge in [0.05, 0.1) is 5.69 Å². The van der Waals surface area contributed by atoms with Crippen LogP contribution in [-0.2, 0) is 16.7 Å². The Morgan fingerprint density at radius 1 is 1.47 bits per heavy atom. The number of aromatic nitrogens is 2. The van der Waals surface area contributed by atoms with Crippen molar-refractivity contribution in [3.63, 3.8) is 0 Å². The minimum absolute atomic E-state index is 0.187. The predicted molar refractivity (Wildman–Crippen MR) is 62.3 cm³/mol. The lowest BCUT2D eigenvalue weighted by atomic mass is 10.3. The van der Waals surface area contributed by atoms with Crippen LogP contribution >= 0.6 is 0 Å². The van der Waals surface area contributed by atoms with E-state index in [0.717, 1.165) is 18.5 Å². The summed E-state index contributed by atoms with van der Waals surface area (Å²) in [7, 11) is -0.508. The highest BCUT2D eigenvalue weighted by Crippen LogP contribution is 2.22. The van der Waals surface area contributed by atoms with Gasteiger partial charge in [0.25, 0.3) is 0 Å². The molecule has 0 radical (unpaired) electrons. The monoisotopic (exact) mass is 258 g/mol. The Labute approximate surface area is 100.0 Å². The van der Waals surface area contributed by atoms with Crippen LogP contribution in [0.1, 0.15) is 19.0 Å². The van der Waals surface area contributed by atoms with Crippen LogP contribution in [0.2, 0.25) is 0 Å². The third-order valence-electron chi connectivity index (χ3n) is 2.21. The molecule has 1 aromatic heterocycles. The van der Waals surface area contributed by atoms with Gasteiger partial charge < -0.3 is 9.08 Å². The van der Waals surface area contributed by atoms with E-state index in [2.05, 4.69) is 9.50 Å². The van der Waals surface area contributed by atoms with E-state index in [1.54, 1.807) is 25.1 Å². The smallest absolute Gasteiger partial charge is 0.346 e. The van der Waals surface area contributed by atoms with E-state index >= 15 is 0 Å². The first-order valence-corrected chi connectivity index (χ1v) is 6.60. The van der Waals surface area contributed by atoms with Gasteiger partial charge in [-0.1, -0.05) is 17.7 Å². The molecule has 0 bridgehead atoms. The Kier molecular flexibility index (Phi) is 2.82. The van der Waals surface area contributed by atoms with Crippen molar-refractivity contribution in [3.8, 4) is 5.88 Å². The summed E-state index contributed by atoms with van der Waals surface area (Å²) >= 11 is 0. The lowest BCUT2D eigenvalue weighted by Gasteiger charge is -2.19. The highest BCUT2D eigenvalue weighted by atomic mass is 32.2. The molecule has 0 aromatic carbocycles. The fraction of sp³-hybridized carbons (Fsp3) is 0.556. The molecule has 0 atom stereocenters. The SMILES string of the molecule is CCCc1cc2n(n1)C(N(C)C)=NS(=O)(=O)O2. The van der Waals surface area contributed by atoms with E-state index in [9.17, 15) is 8.42 Å². The van der Waals surface area contributed by atoms with Crippen LogP contribution in [0.4, 0.5) is 0 Å². The third-order valence-corrected chi connectivity index (χ3v) is 2.98. The maximum atomic E-state index is 11.4. The highest BCUT2D eigenvalue weighted by Gasteiger charge is 2.27. The topological polar surface area (TPSA) is 76.8 Å². The van der Waals surface area contributed by atoms with Gasteiger partial charge >= 0.3 is 10.3 Å². The number of nitrogens with zero attached hydrogens (tertiary/aromatic N) is 4. The Hall–Kier alpha value is -1.57. The first-order valence-electron chi connectivity index (χ1n) is 5.24. The average Bonchev–Trinajstić information content (AvgIpc) is 2.57. The van der Waals surface area contributed by atoms with E-state index in [-0.39, 0.29) is 11.8 Å². The Balaban J connectivity index is 2.51. The second-order valence-corrected chi connectivity index (χ2v) is 5.14. The molecular formula is C9H14N4O3S. The molecule has 0 aliphatic carbocycles. The molecule has 2 rings (SSSR count). The molecule has 7 nitrogen and oxygen atoms in total. The lowest BCUT2D eigenvalue weighted by Crippen LogP contribution is -2.35. The van der Waals surface area contributed by atoms with Crippen LogP contribution in [0.3, 0.4) is 0 Å². The van der Waals surface area contributed by atoms with Crippen LogP contribution in [0.5, 0.6) is 5.88 Å². The van der Waals surface area contributed by atoms with Gasteiger partial charge in [0.15, 0.2) is 0 Å². The molecule has 0 saturated carbocycles. The number of hydrogen-bond acceptors (Lipinski definition) is 5. The normalized spacial score (nSPS) is 17.0. The minimum atomic E-state index is -3.91. The van der Waals surface area contributed by atoms with Crippen molar-refractivity contribution in [2.75, 3.05) is 14.1 Å². The number of aryl methyl sites for hydroxylation is 1. The average molecular weight is 258 g/mol. The van der Waals surface area contributed by atoms with Gasteiger partial charge in [-0.05, 0) is 6.42 Å². The summed E-state index contributed by atoms with van der Waals surface area (Å²) in [5.41, 5.74) is 0.786. The highest BCUT2D eigenvalue weighted by molar-refractivity contribution is 7.86. The molecule has 0 unspecified atom stereocenters. The molecule has 94 valence electrons. The Morgan fingerprint density at radius 3 is 2.76 bits per heavy atom. The molecule has 1 aliphatic rings. The summed E-state index contributed by atoms with van der Waals surface area (Å²) in [6, 6.07) is 1.62. The standard InChI is InChI=1S/C9H14N4O3S/c1-4-5-7-6-8-13(10-7)9(12(2)3)11-17(14,15)16-8/h6H,4-5H2,1-3H3. The van der Waals surface area contributed by atoms with Gasteiger partial charge in [-0.25, -0.2) is 0 Å². The van der Waals surface area contributed by atoms with Crippen molar-refractivity contribution >= 4 is 16.3 Å². The fourth-order valence-corrected chi connectivity index (χ4v) is 2.34. The number of rotatable bonds is 2. The van der Waals surface area contributed by atoms with Gasteiger partial charge in [0, 0.05) is 20.2 Å². The second-order valence-electron chi connectivity index (χ2n) is 3.93. The van der Waals surface area contributed by atoms with Gasteiger partial charge in [-0.2, -0.15) is 18.2 Å². The van der Waals surface area contributed by atoms with Crippen LogP contribution in [-0.4, -0.2) is 43.2 Å². The van der Waals surface area contributed by atoms with Crippen molar-refractivity contribution in [2.45, 2.75) is 19.8 Å². The van der Waals surface area contributed by atoms with Gasteiger partial charge in [0.2, 0.25) is 11.8 Å². The zero-order chi connectivity index (χ0) is 12.6. The van der Waals surface area contributed by atoms with Crippen LogP contribution in [0, 0.1) is 0 Å². The van der Waals surface area contributed by atoms with E-state index < -0.39 is 10.3 Å². The molecule has 0 amide bonds. The fourth-order valence-electron chi connectivity index (χ4n) is 1.53. The van der Waals surface area contributed by atoms with E-state index in [1.807, 2.05) is 6.92 Å². The first-order chi connectivity index (χ1) is 7.93. The summed E-state index contributed by atoms with van der Waals surface area (Å²) < 4.78 is 32.5. The molecule has 1 aliphatic heterocycles. The van der Waals surface area contributed by atoms with Crippen molar-refractivity contribution in [3.05, 3.63) is 11.8 Å². The number of hydrogen-bond donors (Lipinski definition) is 0. The largest absolute Gasteiger partial charge is 0.433 e. The molecule has 2 heterocycles. The van der Waals surface area contributed by atoms with Gasteiger partial charge in [0.1, 0.15) is 0 Å². The summed E-state index contributed by atoms with van der Waals surface area (Å²) in [5, 5.41) is 4.26. The van der Waals surface area contributed by atoms with Crippen LogP contribution in [0.25, 0.3) is 0 Å². The molecule has 8 heteroatoms. The second kappa shape index (κ2) is 4.02. The van der Waals surface area contributed by atoms with Crippen molar-refractivity contribution in [1.82, 2.24) is 14.7 Å². The molecule has 0 fully saturated rings. The predicted octanol–water partition coefficient (Wildman–Crippen LogP) is 0.238. The zero-order valence-corrected chi connectivity index (χ0v) is 10.7. The first kappa shape index (κ1) is 11.9. The van der Waals surface area contributed by atoms with Gasteiger partial charge in [-0.15, -0.1) is 0 Å². The van der Waals surface area contributed by atoms with Crippen LogP contribution in [0.15, 0.2) is 10.5 Å². The van der Waals surface area contributed by atoms with Crippen molar-refractivity contribution in [2.24, 2.45) is 4.40 Å². The van der Waals surface area contributed by atoms with E-state index in [0.29, 0.717) is 0 Å². The molecule has 0 N–H and O–H groups in total. The van der Waals surface area contributed by atoms with Crippen molar-refractivity contribution in [1.29, 1.82) is 0 Å². The van der Waals surface area contributed by atoms with Gasteiger partial charge in [-0.3, -0.25) is 0 Å². The van der Waals surface area contributed by atoms with Crippen LogP contribution < -0.4 is 4.18 Å². The third kappa shape index (κ3) is 2.26. The Morgan fingerprint density at radius 2 is 2.18 bits per heavy atom. The zero-order valence-electron chi connectivity index (χ0n) is 9.91. The minimum Gasteiger partial charge on any atom is -0.346 e. The number of fused-ring (bicyclic) bond motifs is 1. The molecule has 1 aromatic rings. The summed E-state index contributed by atoms with van der Waals surface area (Å²) in [6.45, 7) is 2.02. The molecule has 17 heavy (non-hydrogen) atoms. The summed E-state index contributed by atoms with van der Waals surface area (Å²) in [6.07, 6.45) is 1.70. The lowest BCUT2D eigenvalue weighted by molar-refractivity contribution is 0.447. The molecular weight excluding hydrogens is 244 g/mol.